The zero-order valence-electron chi connectivity index (χ0n) is 16.1. The number of methoxy groups -OCH3 is 1. The highest BCUT2D eigenvalue weighted by Crippen LogP contribution is 2.24. The van der Waals surface area contributed by atoms with Gasteiger partial charge < -0.3 is 14.5 Å². The second kappa shape index (κ2) is 8.25. The summed E-state index contributed by atoms with van der Waals surface area (Å²) in [4.78, 5) is 28.1. The molecule has 1 aliphatic rings. The molecule has 1 saturated heterocycles. The third-order valence-corrected chi connectivity index (χ3v) is 5.25. The average molecular weight is 366 g/mol. The number of benzene rings is 2. The van der Waals surface area contributed by atoms with E-state index in [1.54, 1.807) is 12.0 Å². The Labute approximate surface area is 160 Å². The summed E-state index contributed by atoms with van der Waals surface area (Å²) in [6.07, 6.45) is 1.87. The number of nitrogens with zero attached hydrogens (tertiary/aromatic N) is 2. The maximum Gasteiger partial charge on any atom is 0.227 e. The quantitative estimate of drug-likeness (QED) is 0.785. The molecular formula is C22H26N2O3. The van der Waals surface area contributed by atoms with Crippen LogP contribution in [0.2, 0.25) is 0 Å². The molecule has 3 rings (SSSR count). The van der Waals surface area contributed by atoms with Crippen LogP contribution in [0.1, 0.15) is 36.9 Å². The first-order valence-corrected chi connectivity index (χ1v) is 9.28. The molecule has 0 radical (unpaired) electrons. The molecule has 5 heteroatoms. The molecule has 1 atom stereocenters. The van der Waals surface area contributed by atoms with E-state index >= 15 is 0 Å². The van der Waals surface area contributed by atoms with Gasteiger partial charge in [0.15, 0.2) is 0 Å². The van der Waals surface area contributed by atoms with Crippen LogP contribution >= 0.6 is 0 Å². The SMILES string of the molecule is COc1ccc(C(C)N(C)C(=O)Cc2ccc(N3CCCC3=O)cc2)cc1. The molecule has 1 fully saturated rings. The van der Waals surface area contributed by atoms with Gasteiger partial charge >= 0.3 is 0 Å². The average Bonchev–Trinajstić information content (AvgIpc) is 3.13. The van der Waals surface area contributed by atoms with Gasteiger partial charge in [0.05, 0.1) is 19.6 Å². The van der Waals surface area contributed by atoms with Crippen molar-refractivity contribution in [3.63, 3.8) is 0 Å². The summed E-state index contributed by atoms with van der Waals surface area (Å²) in [6.45, 7) is 2.79. The maximum absolute atomic E-state index is 12.7. The highest BCUT2D eigenvalue weighted by Gasteiger charge is 2.22. The van der Waals surface area contributed by atoms with E-state index in [1.165, 1.54) is 0 Å². The van der Waals surface area contributed by atoms with Crippen molar-refractivity contribution in [2.24, 2.45) is 0 Å². The molecule has 0 aromatic heterocycles. The van der Waals surface area contributed by atoms with E-state index in [0.717, 1.165) is 35.5 Å². The summed E-state index contributed by atoms with van der Waals surface area (Å²) in [5, 5.41) is 0. The normalized spacial score (nSPS) is 14.9. The molecule has 142 valence electrons. The molecule has 0 bridgehead atoms. The Bertz CT molecular complexity index is 799. The number of carbonyl (C=O) groups excluding carboxylic acids is 2. The number of carbonyl (C=O) groups is 2. The van der Waals surface area contributed by atoms with Crippen LogP contribution in [0.25, 0.3) is 0 Å². The predicted molar refractivity (Wildman–Crippen MR) is 106 cm³/mol. The van der Waals surface area contributed by atoms with E-state index in [2.05, 4.69) is 0 Å². The standard InChI is InChI=1S/C22H26N2O3/c1-16(18-8-12-20(27-3)13-9-18)23(2)22(26)15-17-6-10-19(11-7-17)24-14-4-5-21(24)25/h6-13,16H,4-5,14-15H2,1-3H3. The van der Waals surface area contributed by atoms with E-state index in [9.17, 15) is 9.59 Å². The topological polar surface area (TPSA) is 49.9 Å². The largest absolute Gasteiger partial charge is 0.497 e. The van der Waals surface area contributed by atoms with Crippen molar-refractivity contribution < 1.29 is 14.3 Å². The first-order valence-electron chi connectivity index (χ1n) is 9.28. The first-order chi connectivity index (χ1) is 13.0. The second-order valence-corrected chi connectivity index (χ2v) is 6.95. The molecule has 5 nitrogen and oxygen atoms in total. The molecule has 2 aromatic rings. The van der Waals surface area contributed by atoms with E-state index in [1.807, 2.05) is 67.4 Å². The molecule has 1 unspecified atom stereocenters. The fourth-order valence-corrected chi connectivity index (χ4v) is 3.34. The Hall–Kier alpha value is -2.82. The van der Waals surface area contributed by atoms with Gasteiger partial charge in [0.25, 0.3) is 0 Å². The summed E-state index contributed by atoms with van der Waals surface area (Å²) in [6, 6.07) is 15.5. The van der Waals surface area contributed by atoms with Gasteiger partial charge in [-0.3, -0.25) is 9.59 Å². The van der Waals surface area contributed by atoms with Crippen molar-refractivity contribution in [3.8, 4) is 5.75 Å². The van der Waals surface area contributed by atoms with E-state index in [4.69, 9.17) is 4.74 Å². The third-order valence-electron chi connectivity index (χ3n) is 5.25. The maximum atomic E-state index is 12.7. The summed E-state index contributed by atoms with van der Waals surface area (Å²) in [5.74, 6) is 1.03. The zero-order valence-corrected chi connectivity index (χ0v) is 16.1. The fraction of sp³-hybridized carbons (Fsp3) is 0.364. The number of likely N-dealkylation sites (N-methyl/N-ethyl adjacent to an activating group) is 1. The molecule has 0 saturated carbocycles. The minimum Gasteiger partial charge on any atom is -0.497 e. The van der Waals surface area contributed by atoms with Gasteiger partial charge in [-0.25, -0.2) is 0 Å². The lowest BCUT2D eigenvalue weighted by atomic mass is 10.1. The zero-order chi connectivity index (χ0) is 19.4. The molecule has 0 spiro atoms. The Balaban J connectivity index is 1.62. The number of rotatable bonds is 6. The van der Waals surface area contributed by atoms with Crippen molar-refractivity contribution >= 4 is 17.5 Å². The number of hydrogen-bond acceptors (Lipinski definition) is 3. The lowest BCUT2D eigenvalue weighted by Crippen LogP contribution is -2.31. The fourth-order valence-electron chi connectivity index (χ4n) is 3.34. The van der Waals surface area contributed by atoms with Crippen molar-refractivity contribution in [1.29, 1.82) is 0 Å². The lowest BCUT2D eigenvalue weighted by molar-refractivity contribution is -0.131. The van der Waals surface area contributed by atoms with Crippen LogP contribution in [0.4, 0.5) is 5.69 Å². The van der Waals surface area contributed by atoms with Crippen LogP contribution in [0.15, 0.2) is 48.5 Å². The van der Waals surface area contributed by atoms with Gasteiger partial charge in [-0.1, -0.05) is 24.3 Å². The monoisotopic (exact) mass is 366 g/mol. The van der Waals surface area contributed by atoms with Crippen molar-refractivity contribution in [1.82, 2.24) is 4.90 Å². The van der Waals surface area contributed by atoms with Crippen LogP contribution in [0.5, 0.6) is 5.75 Å². The van der Waals surface area contributed by atoms with E-state index in [-0.39, 0.29) is 17.9 Å². The smallest absolute Gasteiger partial charge is 0.227 e. The van der Waals surface area contributed by atoms with Gasteiger partial charge in [-0.2, -0.15) is 0 Å². The molecular weight excluding hydrogens is 340 g/mol. The van der Waals surface area contributed by atoms with Gasteiger partial charge in [0, 0.05) is 25.7 Å². The number of hydrogen-bond donors (Lipinski definition) is 0. The summed E-state index contributed by atoms with van der Waals surface area (Å²) < 4.78 is 5.18. The summed E-state index contributed by atoms with van der Waals surface area (Å²) >= 11 is 0. The Morgan fingerprint density at radius 3 is 2.37 bits per heavy atom. The van der Waals surface area contributed by atoms with Gasteiger partial charge in [-0.15, -0.1) is 0 Å². The molecule has 2 aromatic carbocycles. The number of anilines is 1. The van der Waals surface area contributed by atoms with E-state index in [0.29, 0.717) is 12.8 Å². The van der Waals surface area contributed by atoms with Crippen LogP contribution in [0, 0.1) is 0 Å². The first kappa shape index (κ1) is 19.0. The molecule has 27 heavy (non-hydrogen) atoms. The van der Waals surface area contributed by atoms with E-state index < -0.39 is 0 Å². The Morgan fingerprint density at radius 1 is 1.15 bits per heavy atom. The Morgan fingerprint density at radius 2 is 1.81 bits per heavy atom. The van der Waals surface area contributed by atoms with Crippen molar-refractivity contribution in [2.45, 2.75) is 32.2 Å². The van der Waals surface area contributed by atoms with Crippen molar-refractivity contribution in [3.05, 3.63) is 59.7 Å². The van der Waals surface area contributed by atoms with Crippen LogP contribution < -0.4 is 9.64 Å². The minimum atomic E-state index is -0.0232. The molecule has 1 aliphatic heterocycles. The Kier molecular flexibility index (Phi) is 5.79. The van der Waals surface area contributed by atoms with Gasteiger partial charge in [0.2, 0.25) is 11.8 Å². The highest BCUT2D eigenvalue weighted by molar-refractivity contribution is 5.95. The summed E-state index contributed by atoms with van der Waals surface area (Å²) in [5.41, 5.74) is 2.92. The number of ether oxygens (including phenoxy) is 1. The van der Waals surface area contributed by atoms with Crippen LogP contribution in [-0.4, -0.2) is 37.4 Å². The number of amides is 2. The molecule has 2 amide bonds. The second-order valence-electron chi connectivity index (χ2n) is 6.95. The summed E-state index contributed by atoms with van der Waals surface area (Å²) in [7, 11) is 3.47. The van der Waals surface area contributed by atoms with Crippen molar-refractivity contribution in [2.75, 3.05) is 25.6 Å². The van der Waals surface area contributed by atoms with Gasteiger partial charge in [-0.05, 0) is 48.7 Å². The molecule has 0 N–H and O–H groups in total. The third kappa shape index (κ3) is 4.30. The molecule has 1 heterocycles. The highest BCUT2D eigenvalue weighted by atomic mass is 16.5. The minimum absolute atomic E-state index is 0.0232. The van der Waals surface area contributed by atoms with Gasteiger partial charge in [0.1, 0.15) is 5.75 Å². The molecule has 0 aliphatic carbocycles. The van der Waals surface area contributed by atoms with Crippen LogP contribution in [-0.2, 0) is 16.0 Å². The predicted octanol–water partition coefficient (Wildman–Crippen LogP) is 3.58. The van der Waals surface area contributed by atoms with Crippen LogP contribution in [0.3, 0.4) is 0 Å². The lowest BCUT2D eigenvalue weighted by Gasteiger charge is -2.26.